The minimum Gasteiger partial charge on any atom is -0.453 e. The van der Waals surface area contributed by atoms with Crippen LogP contribution in [0.2, 0.25) is 0 Å². The topological polar surface area (TPSA) is 64.8 Å². The highest BCUT2D eigenvalue weighted by molar-refractivity contribution is 5.68. The number of benzene rings is 1. The van der Waals surface area contributed by atoms with Crippen molar-refractivity contribution in [1.82, 2.24) is 4.90 Å². The Morgan fingerprint density at radius 2 is 2.04 bits per heavy atom. The Balaban J connectivity index is 1.54. The summed E-state index contributed by atoms with van der Waals surface area (Å²) in [4.78, 5) is 13.7. The molecule has 1 saturated carbocycles. The first-order valence-electron chi connectivity index (χ1n) is 8.95. The second-order valence-corrected chi connectivity index (χ2v) is 6.91. The number of amides is 1. The smallest absolute Gasteiger partial charge is 0.409 e. The van der Waals surface area contributed by atoms with Gasteiger partial charge in [-0.05, 0) is 43.6 Å². The van der Waals surface area contributed by atoms with Crippen LogP contribution >= 0.6 is 0 Å². The van der Waals surface area contributed by atoms with E-state index in [-0.39, 0.29) is 24.3 Å². The number of hydrogen-bond acceptors (Lipinski definition) is 4. The lowest BCUT2D eigenvalue weighted by atomic mass is 9.97. The van der Waals surface area contributed by atoms with E-state index in [1.54, 1.807) is 4.90 Å². The zero-order valence-electron chi connectivity index (χ0n) is 14.4. The zero-order valence-corrected chi connectivity index (χ0v) is 14.4. The first-order chi connectivity index (χ1) is 11.7. The molecule has 0 bridgehead atoms. The number of rotatable bonds is 4. The molecule has 132 valence electrons. The van der Waals surface area contributed by atoms with Gasteiger partial charge in [-0.3, -0.25) is 0 Å². The lowest BCUT2D eigenvalue weighted by Crippen LogP contribution is -2.56. The van der Waals surface area contributed by atoms with Crippen LogP contribution in [0.4, 0.5) is 4.79 Å². The van der Waals surface area contributed by atoms with Crippen LogP contribution in [0.5, 0.6) is 0 Å². The van der Waals surface area contributed by atoms with Crippen LogP contribution in [0.25, 0.3) is 0 Å². The van der Waals surface area contributed by atoms with E-state index in [0.717, 1.165) is 32.1 Å². The molecule has 1 aromatic carbocycles. The molecule has 1 aliphatic carbocycles. The van der Waals surface area contributed by atoms with Gasteiger partial charge in [-0.25, -0.2) is 4.79 Å². The highest BCUT2D eigenvalue weighted by Crippen LogP contribution is 2.36. The van der Waals surface area contributed by atoms with Crippen LogP contribution in [0.1, 0.15) is 43.6 Å². The Kier molecular flexibility index (Phi) is 5.74. The summed E-state index contributed by atoms with van der Waals surface area (Å²) < 4.78 is 11.1. The average molecular weight is 332 g/mol. The molecule has 0 aromatic heterocycles. The van der Waals surface area contributed by atoms with E-state index in [1.807, 2.05) is 0 Å². The molecule has 2 N–H and O–H groups in total. The van der Waals surface area contributed by atoms with Crippen molar-refractivity contribution < 1.29 is 14.3 Å². The van der Waals surface area contributed by atoms with Crippen molar-refractivity contribution in [2.75, 3.05) is 20.3 Å². The van der Waals surface area contributed by atoms with Gasteiger partial charge in [-0.2, -0.15) is 0 Å². The Morgan fingerprint density at radius 3 is 2.79 bits per heavy atom. The molecule has 0 spiro atoms. The van der Waals surface area contributed by atoms with Gasteiger partial charge in [0.1, 0.15) is 0 Å². The summed E-state index contributed by atoms with van der Waals surface area (Å²) in [7, 11) is 1.42. The maximum absolute atomic E-state index is 11.9. The molecule has 0 radical (unpaired) electrons. The van der Waals surface area contributed by atoms with Crippen molar-refractivity contribution >= 4 is 6.09 Å². The van der Waals surface area contributed by atoms with Crippen molar-refractivity contribution in [2.45, 2.75) is 56.2 Å². The molecule has 1 heterocycles. The number of likely N-dealkylation sites (tertiary alicyclic amines) is 1. The van der Waals surface area contributed by atoms with E-state index in [0.29, 0.717) is 19.1 Å². The predicted molar refractivity (Wildman–Crippen MR) is 92.9 cm³/mol. The molecule has 4 atom stereocenters. The minimum atomic E-state index is -0.299. The first-order valence-corrected chi connectivity index (χ1v) is 8.95. The number of nitrogens with zero attached hydrogens (tertiary/aromatic N) is 1. The fraction of sp³-hybridized carbons (Fsp3) is 0.632. The van der Waals surface area contributed by atoms with Crippen molar-refractivity contribution in [3.05, 3.63) is 35.9 Å². The van der Waals surface area contributed by atoms with E-state index < -0.39 is 0 Å². The number of carbonyl (C=O) groups is 1. The molecule has 1 amide bonds. The zero-order chi connectivity index (χ0) is 16.9. The van der Waals surface area contributed by atoms with Gasteiger partial charge >= 0.3 is 6.09 Å². The van der Waals surface area contributed by atoms with Gasteiger partial charge in [0.05, 0.1) is 25.9 Å². The fourth-order valence-corrected chi connectivity index (χ4v) is 4.00. The Bertz CT molecular complexity index is 537. The van der Waals surface area contributed by atoms with Gasteiger partial charge in [0.15, 0.2) is 0 Å². The predicted octanol–water partition coefficient (Wildman–Crippen LogP) is 2.90. The van der Waals surface area contributed by atoms with Crippen LogP contribution in [-0.4, -0.2) is 49.4 Å². The third-order valence-corrected chi connectivity index (χ3v) is 5.40. The summed E-state index contributed by atoms with van der Waals surface area (Å²) in [6.07, 6.45) is 5.08. The molecule has 4 unspecified atom stereocenters. The monoisotopic (exact) mass is 332 g/mol. The standard InChI is InChI=1S/C19H28N2O3/c1-23-19(22)21-11-5-8-17(20)18(21)13-24-16-10-9-15(12-16)14-6-3-2-4-7-14/h2-4,6-7,15-18H,5,8-13,20H2,1H3. The quantitative estimate of drug-likeness (QED) is 0.921. The Labute approximate surface area is 144 Å². The number of carbonyl (C=O) groups excluding carboxylic acids is 1. The van der Waals surface area contributed by atoms with Crippen molar-refractivity contribution in [3.63, 3.8) is 0 Å². The molecule has 24 heavy (non-hydrogen) atoms. The molecule has 1 saturated heterocycles. The van der Waals surface area contributed by atoms with Gasteiger partial charge in [-0.1, -0.05) is 30.3 Å². The van der Waals surface area contributed by atoms with E-state index in [4.69, 9.17) is 15.2 Å². The number of ether oxygens (including phenoxy) is 2. The van der Waals surface area contributed by atoms with Gasteiger partial charge in [-0.15, -0.1) is 0 Å². The molecular weight excluding hydrogens is 304 g/mol. The Morgan fingerprint density at radius 1 is 1.25 bits per heavy atom. The average Bonchev–Trinajstić information content (AvgIpc) is 3.09. The summed E-state index contributed by atoms with van der Waals surface area (Å²) in [6, 6.07) is 10.5. The summed E-state index contributed by atoms with van der Waals surface area (Å²) in [5.41, 5.74) is 7.63. The summed E-state index contributed by atoms with van der Waals surface area (Å²) >= 11 is 0. The summed E-state index contributed by atoms with van der Waals surface area (Å²) in [6.45, 7) is 1.20. The normalized spacial score (nSPS) is 30.3. The fourth-order valence-electron chi connectivity index (χ4n) is 4.00. The summed E-state index contributed by atoms with van der Waals surface area (Å²) in [5.74, 6) is 0.577. The van der Waals surface area contributed by atoms with E-state index >= 15 is 0 Å². The second-order valence-electron chi connectivity index (χ2n) is 6.91. The van der Waals surface area contributed by atoms with Gasteiger partial charge in [0, 0.05) is 12.6 Å². The van der Waals surface area contributed by atoms with Crippen LogP contribution < -0.4 is 5.73 Å². The first kappa shape index (κ1) is 17.2. The third kappa shape index (κ3) is 3.90. The molecule has 1 aliphatic heterocycles. The van der Waals surface area contributed by atoms with Crippen LogP contribution in [0.15, 0.2) is 30.3 Å². The van der Waals surface area contributed by atoms with Crippen LogP contribution in [0.3, 0.4) is 0 Å². The molecule has 3 rings (SSSR count). The van der Waals surface area contributed by atoms with E-state index in [1.165, 1.54) is 12.7 Å². The third-order valence-electron chi connectivity index (χ3n) is 5.40. The molecule has 5 nitrogen and oxygen atoms in total. The molecule has 2 aliphatic rings. The summed E-state index contributed by atoms with van der Waals surface area (Å²) in [5, 5.41) is 0. The van der Waals surface area contributed by atoms with Gasteiger partial charge in [0.25, 0.3) is 0 Å². The lowest BCUT2D eigenvalue weighted by Gasteiger charge is -2.39. The number of hydrogen-bond donors (Lipinski definition) is 1. The number of nitrogens with two attached hydrogens (primary N) is 1. The van der Waals surface area contributed by atoms with Crippen molar-refractivity contribution in [3.8, 4) is 0 Å². The Hall–Kier alpha value is -1.59. The van der Waals surface area contributed by atoms with Gasteiger partial charge < -0.3 is 20.1 Å². The van der Waals surface area contributed by atoms with Crippen LogP contribution in [-0.2, 0) is 9.47 Å². The maximum Gasteiger partial charge on any atom is 0.409 e. The van der Waals surface area contributed by atoms with E-state index in [9.17, 15) is 4.79 Å². The molecule has 5 heteroatoms. The molecule has 2 fully saturated rings. The highest BCUT2D eigenvalue weighted by Gasteiger charge is 2.35. The minimum absolute atomic E-state index is 0.0378. The van der Waals surface area contributed by atoms with Crippen molar-refractivity contribution in [1.29, 1.82) is 0 Å². The largest absolute Gasteiger partial charge is 0.453 e. The maximum atomic E-state index is 11.9. The second kappa shape index (κ2) is 7.99. The van der Waals surface area contributed by atoms with Crippen molar-refractivity contribution in [2.24, 2.45) is 5.73 Å². The molecule has 1 aromatic rings. The number of piperidine rings is 1. The molecular formula is C19H28N2O3. The van der Waals surface area contributed by atoms with E-state index in [2.05, 4.69) is 30.3 Å². The lowest BCUT2D eigenvalue weighted by molar-refractivity contribution is -0.00597. The SMILES string of the molecule is COC(=O)N1CCCC(N)C1COC1CCC(c2ccccc2)C1. The van der Waals surface area contributed by atoms with Gasteiger partial charge in [0.2, 0.25) is 0 Å². The number of methoxy groups -OCH3 is 1. The van der Waals surface area contributed by atoms with Crippen LogP contribution in [0, 0.1) is 0 Å². The highest BCUT2D eigenvalue weighted by atomic mass is 16.5.